The highest BCUT2D eigenvalue weighted by atomic mass is 32.2. The molecule has 78 valence electrons. The van der Waals surface area contributed by atoms with Crippen molar-refractivity contribution in [2.24, 2.45) is 17.6 Å². The minimum atomic E-state index is -2.78. The highest BCUT2D eigenvalue weighted by Gasteiger charge is 2.22. The van der Waals surface area contributed by atoms with E-state index in [9.17, 15) is 8.42 Å². The molecule has 13 heavy (non-hydrogen) atoms. The summed E-state index contributed by atoms with van der Waals surface area (Å²) in [6, 6.07) is 0. The van der Waals surface area contributed by atoms with Crippen LogP contribution in [0.25, 0.3) is 0 Å². The van der Waals surface area contributed by atoms with E-state index < -0.39 is 9.84 Å². The summed E-state index contributed by atoms with van der Waals surface area (Å²) in [5.41, 5.74) is 5.56. The first-order valence-corrected chi connectivity index (χ1v) is 6.95. The van der Waals surface area contributed by atoms with E-state index in [0.717, 1.165) is 32.2 Å². The summed E-state index contributed by atoms with van der Waals surface area (Å²) in [4.78, 5) is 0. The Labute approximate surface area is 80.6 Å². The van der Waals surface area contributed by atoms with Crippen molar-refractivity contribution in [1.29, 1.82) is 0 Å². The van der Waals surface area contributed by atoms with Gasteiger partial charge in [0.2, 0.25) is 0 Å². The molecule has 0 amide bonds. The van der Waals surface area contributed by atoms with Crippen molar-refractivity contribution in [2.75, 3.05) is 18.6 Å². The van der Waals surface area contributed by atoms with Gasteiger partial charge >= 0.3 is 0 Å². The molecule has 0 aromatic heterocycles. The van der Waals surface area contributed by atoms with Crippen LogP contribution in [-0.2, 0) is 9.84 Å². The fourth-order valence-corrected chi connectivity index (χ4v) is 3.25. The maximum Gasteiger partial charge on any atom is 0.147 e. The smallest absolute Gasteiger partial charge is 0.147 e. The summed E-state index contributed by atoms with van der Waals surface area (Å²) >= 11 is 0. The molecule has 2 N–H and O–H groups in total. The average Bonchev–Trinajstić information content (AvgIpc) is 2.03. The quantitative estimate of drug-likeness (QED) is 0.741. The minimum absolute atomic E-state index is 0.365. The van der Waals surface area contributed by atoms with Crippen molar-refractivity contribution in [2.45, 2.75) is 25.7 Å². The van der Waals surface area contributed by atoms with E-state index in [-0.39, 0.29) is 0 Å². The van der Waals surface area contributed by atoms with Crippen LogP contribution >= 0.6 is 0 Å². The molecule has 3 nitrogen and oxygen atoms in total. The summed E-state index contributed by atoms with van der Waals surface area (Å²) in [7, 11) is -2.78. The van der Waals surface area contributed by atoms with Gasteiger partial charge in [0.05, 0.1) is 5.75 Å². The van der Waals surface area contributed by atoms with Crippen molar-refractivity contribution >= 4 is 9.84 Å². The Balaban J connectivity index is 2.33. The van der Waals surface area contributed by atoms with Gasteiger partial charge in [-0.05, 0) is 44.1 Å². The first-order chi connectivity index (χ1) is 6.01. The van der Waals surface area contributed by atoms with E-state index in [1.54, 1.807) is 0 Å². The molecule has 0 bridgehead atoms. The van der Waals surface area contributed by atoms with Crippen LogP contribution in [0.2, 0.25) is 0 Å². The van der Waals surface area contributed by atoms with Crippen LogP contribution in [0, 0.1) is 11.8 Å². The number of sulfone groups is 1. The number of hydrogen-bond acceptors (Lipinski definition) is 3. The molecule has 1 fully saturated rings. The Bertz CT molecular complexity index is 240. The van der Waals surface area contributed by atoms with Gasteiger partial charge in [-0.25, -0.2) is 8.42 Å². The first kappa shape index (κ1) is 11.0. The van der Waals surface area contributed by atoms with Gasteiger partial charge < -0.3 is 5.73 Å². The molecular formula is C9H19NO2S. The van der Waals surface area contributed by atoms with Crippen molar-refractivity contribution < 1.29 is 8.42 Å². The molecule has 1 saturated carbocycles. The van der Waals surface area contributed by atoms with Crippen LogP contribution in [0.5, 0.6) is 0 Å². The van der Waals surface area contributed by atoms with E-state index >= 15 is 0 Å². The lowest BCUT2D eigenvalue weighted by atomic mass is 9.83. The van der Waals surface area contributed by atoms with Gasteiger partial charge in [0, 0.05) is 6.26 Å². The average molecular weight is 205 g/mol. The highest BCUT2D eigenvalue weighted by Crippen LogP contribution is 2.28. The Morgan fingerprint density at radius 3 is 2.00 bits per heavy atom. The third kappa shape index (κ3) is 4.09. The molecule has 0 spiro atoms. The van der Waals surface area contributed by atoms with Crippen molar-refractivity contribution in [3.63, 3.8) is 0 Å². The third-order valence-corrected chi connectivity index (χ3v) is 3.92. The summed E-state index contributed by atoms with van der Waals surface area (Å²) in [5.74, 6) is 1.39. The molecule has 0 atom stereocenters. The second-order valence-electron chi connectivity index (χ2n) is 4.21. The SMILES string of the molecule is CS(=O)(=O)CC1CCC(CN)CC1. The molecule has 4 heteroatoms. The largest absolute Gasteiger partial charge is 0.330 e. The minimum Gasteiger partial charge on any atom is -0.330 e. The van der Waals surface area contributed by atoms with Gasteiger partial charge in [-0.3, -0.25) is 0 Å². The van der Waals surface area contributed by atoms with Gasteiger partial charge in [-0.1, -0.05) is 0 Å². The summed E-state index contributed by atoms with van der Waals surface area (Å²) in [6.45, 7) is 0.756. The van der Waals surface area contributed by atoms with E-state index in [0.29, 0.717) is 17.6 Å². The van der Waals surface area contributed by atoms with E-state index in [2.05, 4.69) is 0 Å². The van der Waals surface area contributed by atoms with Gasteiger partial charge in [0.1, 0.15) is 9.84 Å². The van der Waals surface area contributed by atoms with Crippen LogP contribution < -0.4 is 5.73 Å². The van der Waals surface area contributed by atoms with E-state index in [1.807, 2.05) is 0 Å². The number of rotatable bonds is 3. The third-order valence-electron chi connectivity index (χ3n) is 2.84. The summed E-state index contributed by atoms with van der Waals surface area (Å²) < 4.78 is 22.1. The zero-order valence-corrected chi connectivity index (χ0v) is 9.02. The zero-order valence-electron chi connectivity index (χ0n) is 8.20. The molecule has 0 radical (unpaired) electrons. The molecule has 1 aliphatic rings. The molecule has 1 aliphatic carbocycles. The van der Waals surface area contributed by atoms with Crippen molar-refractivity contribution in [3.8, 4) is 0 Å². The molecule has 1 rings (SSSR count). The number of nitrogens with two attached hydrogens (primary N) is 1. The van der Waals surface area contributed by atoms with Gasteiger partial charge in [-0.15, -0.1) is 0 Å². The zero-order chi connectivity index (χ0) is 9.90. The van der Waals surface area contributed by atoms with Crippen molar-refractivity contribution in [1.82, 2.24) is 0 Å². The lowest BCUT2D eigenvalue weighted by molar-refractivity contribution is 0.297. The Kier molecular flexibility index (Phi) is 3.74. The van der Waals surface area contributed by atoms with E-state index in [1.165, 1.54) is 6.26 Å². The maximum atomic E-state index is 11.0. The van der Waals surface area contributed by atoms with Crippen molar-refractivity contribution in [3.05, 3.63) is 0 Å². The van der Waals surface area contributed by atoms with Gasteiger partial charge in [0.25, 0.3) is 0 Å². The fourth-order valence-electron chi connectivity index (χ4n) is 2.06. The second kappa shape index (κ2) is 4.42. The standard InChI is InChI=1S/C9H19NO2S/c1-13(11,12)7-9-4-2-8(6-10)3-5-9/h8-9H,2-7,10H2,1H3. The lowest BCUT2D eigenvalue weighted by Crippen LogP contribution is -2.25. The topological polar surface area (TPSA) is 60.2 Å². The molecule has 0 unspecified atom stereocenters. The molecule has 0 aliphatic heterocycles. The van der Waals surface area contributed by atoms with Crippen LogP contribution in [0.1, 0.15) is 25.7 Å². The Morgan fingerprint density at radius 1 is 1.15 bits per heavy atom. The predicted octanol–water partition coefficient (Wildman–Crippen LogP) is 0.796. The summed E-state index contributed by atoms with van der Waals surface area (Å²) in [5, 5.41) is 0. The molecule has 0 heterocycles. The first-order valence-electron chi connectivity index (χ1n) is 4.89. The maximum absolute atomic E-state index is 11.0. The molecule has 0 aromatic carbocycles. The Morgan fingerprint density at radius 2 is 1.62 bits per heavy atom. The molecule has 0 aromatic rings. The monoisotopic (exact) mass is 205 g/mol. The van der Waals surface area contributed by atoms with Crippen LogP contribution in [-0.4, -0.2) is 27.0 Å². The lowest BCUT2D eigenvalue weighted by Gasteiger charge is -2.26. The fraction of sp³-hybridized carbons (Fsp3) is 1.00. The van der Waals surface area contributed by atoms with Gasteiger partial charge in [0.15, 0.2) is 0 Å². The summed E-state index contributed by atoms with van der Waals surface area (Å²) in [6.07, 6.45) is 5.61. The Hall–Kier alpha value is -0.0900. The second-order valence-corrected chi connectivity index (χ2v) is 6.40. The van der Waals surface area contributed by atoms with Crippen LogP contribution in [0.4, 0.5) is 0 Å². The van der Waals surface area contributed by atoms with E-state index in [4.69, 9.17) is 5.73 Å². The molecular weight excluding hydrogens is 186 g/mol. The normalized spacial score (nSPS) is 30.3. The van der Waals surface area contributed by atoms with Crippen LogP contribution in [0.3, 0.4) is 0 Å². The highest BCUT2D eigenvalue weighted by molar-refractivity contribution is 7.90. The molecule has 0 saturated heterocycles. The van der Waals surface area contributed by atoms with Gasteiger partial charge in [-0.2, -0.15) is 0 Å². The van der Waals surface area contributed by atoms with Crippen LogP contribution in [0.15, 0.2) is 0 Å². The number of hydrogen-bond donors (Lipinski definition) is 1. The predicted molar refractivity (Wildman–Crippen MR) is 54.2 cm³/mol.